The maximum atomic E-state index is 14.2. The summed E-state index contributed by atoms with van der Waals surface area (Å²) in [6.45, 7) is 2.22. The molecular weight excluding hydrogens is 525 g/mol. The summed E-state index contributed by atoms with van der Waals surface area (Å²) >= 11 is 6.71. The van der Waals surface area contributed by atoms with Crippen molar-refractivity contribution in [1.82, 2.24) is 29.8 Å². The quantitative estimate of drug-likeness (QED) is 0.364. The molecule has 3 aromatic heterocycles. The van der Waals surface area contributed by atoms with Crippen molar-refractivity contribution in [2.75, 3.05) is 13.1 Å². The lowest BCUT2D eigenvalue weighted by Gasteiger charge is -2.17. The number of alkyl halides is 3. The first kappa shape index (κ1) is 25.9. The molecule has 1 atom stereocenters. The largest absolute Gasteiger partial charge is 0.433 e. The van der Waals surface area contributed by atoms with Gasteiger partial charge in [-0.3, -0.25) is 9.48 Å². The zero-order valence-electron chi connectivity index (χ0n) is 20.1. The van der Waals surface area contributed by atoms with Crippen LogP contribution in [0.5, 0.6) is 0 Å². The molecule has 1 aromatic carbocycles. The lowest BCUT2D eigenvalue weighted by atomic mass is 9.98. The van der Waals surface area contributed by atoms with Gasteiger partial charge in [-0.15, -0.1) is 0 Å². The first-order valence-electron chi connectivity index (χ1n) is 11.8. The van der Waals surface area contributed by atoms with E-state index in [2.05, 4.69) is 20.2 Å². The topological polar surface area (TPSA) is 110 Å². The second kappa shape index (κ2) is 10.2. The number of hydrogen-bond donors (Lipinski definition) is 1. The summed E-state index contributed by atoms with van der Waals surface area (Å²) in [5.74, 6) is -0.476. The molecule has 1 aliphatic rings. The Bertz CT molecular complexity index is 1460. The summed E-state index contributed by atoms with van der Waals surface area (Å²) in [5.41, 5.74) is -0.477. The van der Waals surface area contributed by atoms with Crippen LogP contribution in [0.25, 0.3) is 33.8 Å². The van der Waals surface area contributed by atoms with Crippen molar-refractivity contribution in [1.29, 1.82) is 0 Å². The Kier molecular flexibility index (Phi) is 6.93. The molecule has 0 bridgehead atoms. The number of hydrogen-bond acceptors (Lipinski definition) is 7. The minimum atomic E-state index is -4.82. The van der Waals surface area contributed by atoms with E-state index in [4.69, 9.17) is 16.1 Å². The van der Waals surface area contributed by atoms with Crippen LogP contribution in [-0.2, 0) is 12.7 Å². The van der Waals surface area contributed by atoms with Crippen LogP contribution in [0.4, 0.5) is 13.2 Å². The summed E-state index contributed by atoms with van der Waals surface area (Å²) in [5, 5.41) is 17.8. The average molecular weight is 547 g/mol. The van der Waals surface area contributed by atoms with E-state index in [0.717, 1.165) is 19.0 Å². The smallest absolute Gasteiger partial charge is 0.391 e. The molecule has 9 nitrogen and oxygen atoms in total. The highest BCUT2D eigenvalue weighted by molar-refractivity contribution is 6.36. The first-order valence-corrected chi connectivity index (χ1v) is 12.2. The maximum Gasteiger partial charge on any atom is 0.433 e. The van der Waals surface area contributed by atoms with E-state index in [1.54, 1.807) is 23.1 Å². The minimum Gasteiger partial charge on any atom is -0.391 e. The molecule has 0 unspecified atom stereocenters. The number of aliphatic hydroxyl groups excluding tert-OH is 1. The van der Waals surface area contributed by atoms with E-state index in [0.29, 0.717) is 23.3 Å². The fraction of sp³-hybridized carbons (Fsp3) is 0.320. The van der Waals surface area contributed by atoms with Crippen LogP contribution >= 0.6 is 11.6 Å². The Hall–Kier alpha value is -3.77. The molecule has 0 aliphatic carbocycles. The van der Waals surface area contributed by atoms with Gasteiger partial charge in [-0.1, -0.05) is 28.9 Å². The number of aliphatic hydroxyl groups is 1. The van der Waals surface area contributed by atoms with Crippen LogP contribution in [0.15, 0.2) is 47.5 Å². The Balaban J connectivity index is 1.71. The molecule has 5 rings (SSSR count). The molecule has 4 aromatic rings. The third kappa shape index (κ3) is 4.76. The summed E-state index contributed by atoms with van der Waals surface area (Å²) < 4.78 is 48.8. The Morgan fingerprint density at radius 2 is 1.97 bits per heavy atom. The third-order valence-electron chi connectivity index (χ3n) is 6.20. The molecule has 0 spiro atoms. The minimum absolute atomic E-state index is 0.0976. The molecule has 1 amide bonds. The number of halogens is 4. The lowest BCUT2D eigenvalue weighted by Crippen LogP contribution is -2.27. The average Bonchev–Trinajstić information content (AvgIpc) is 3.63. The SMILES string of the molecule is C[C@@H](O)Cn1ncc(-c2onc(-c3cccc(C(=O)N4CCCC4)c3Cl)c2-c2ccncn2)c1C(F)(F)F. The molecule has 4 heterocycles. The predicted molar refractivity (Wildman–Crippen MR) is 131 cm³/mol. The van der Waals surface area contributed by atoms with Crippen LogP contribution in [0.3, 0.4) is 0 Å². The van der Waals surface area contributed by atoms with Gasteiger partial charge in [-0.2, -0.15) is 18.3 Å². The van der Waals surface area contributed by atoms with Gasteiger partial charge in [0.05, 0.1) is 46.3 Å². The van der Waals surface area contributed by atoms with Gasteiger partial charge in [0.15, 0.2) is 11.5 Å². The van der Waals surface area contributed by atoms with E-state index < -0.39 is 18.0 Å². The monoisotopic (exact) mass is 546 g/mol. The number of rotatable bonds is 6. The van der Waals surface area contributed by atoms with Gasteiger partial charge in [-0.25, -0.2) is 9.97 Å². The Morgan fingerprint density at radius 1 is 1.21 bits per heavy atom. The van der Waals surface area contributed by atoms with Crippen molar-refractivity contribution in [3.63, 3.8) is 0 Å². The fourth-order valence-corrected chi connectivity index (χ4v) is 4.84. The fourth-order valence-electron chi connectivity index (χ4n) is 4.54. The highest BCUT2D eigenvalue weighted by Gasteiger charge is 2.41. The standard InChI is InChI=1S/C25H22ClF3N6O3/c1-14(36)12-35-23(25(27,28)29)17(11-32-35)22-19(18-7-8-30-13-31-18)21(33-38-22)15-5-4-6-16(20(15)26)24(37)34-9-2-3-10-34/h4-8,11,13-14,36H,2-3,9-10,12H2,1H3/t14-/m1/s1. The van der Waals surface area contributed by atoms with Crippen molar-refractivity contribution < 1.29 is 27.6 Å². The van der Waals surface area contributed by atoms with Crippen molar-refractivity contribution in [2.45, 2.75) is 38.6 Å². The number of benzene rings is 1. The highest BCUT2D eigenvalue weighted by atomic mass is 35.5. The summed E-state index contributed by atoms with van der Waals surface area (Å²) in [4.78, 5) is 22.9. The van der Waals surface area contributed by atoms with Crippen LogP contribution in [0.2, 0.25) is 5.02 Å². The third-order valence-corrected chi connectivity index (χ3v) is 6.60. The number of likely N-dealkylation sites (tertiary alicyclic amines) is 1. The van der Waals surface area contributed by atoms with Crippen LogP contribution in [-0.4, -0.2) is 60.0 Å². The molecule has 1 N–H and O–H groups in total. The van der Waals surface area contributed by atoms with Gasteiger partial charge < -0.3 is 14.5 Å². The predicted octanol–water partition coefficient (Wildman–Crippen LogP) is 4.95. The van der Waals surface area contributed by atoms with Crippen LogP contribution in [0.1, 0.15) is 35.8 Å². The zero-order chi connectivity index (χ0) is 27.0. The maximum absolute atomic E-state index is 14.2. The van der Waals surface area contributed by atoms with Gasteiger partial charge >= 0.3 is 6.18 Å². The van der Waals surface area contributed by atoms with E-state index in [1.165, 1.54) is 25.5 Å². The van der Waals surface area contributed by atoms with E-state index in [1.807, 2.05) is 0 Å². The van der Waals surface area contributed by atoms with E-state index in [9.17, 15) is 23.1 Å². The first-order chi connectivity index (χ1) is 18.2. The summed E-state index contributed by atoms with van der Waals surface area (Å²) in [6, 6.07) is 6.33. The molecule has 198 valence electrons. The Labute approximate surface area is 219 Å². The molecule has 13 heteroatoms. The van der Waals surface area contributed by atoms with Crippen molar-refractivity contribution >= 4 is 17.5 Å². The van der Waals surface area contributed by atoms with Crippen LogP contribution < -0.4 is 0 Å². The molecule has 1 aliphatic heterocycles. The number of amides is 1. The lowest BCUT2D eigenvalue weighted by molar-refractivity contribution is -0.144. The van der Waals surface area contributed by atoms with Gasteiger partial charge in [0, 0.05) is 24.8 Å². The van der Waals surface area contributed by atoms with E-state index >= 15 is 0 Å². The second-order valence-corrected chi connectivity index (χ2v) is 9.31. The van der Waals surface area contributed by atoms with Crippen molar-refractivity contribution in [3.05, 3.63) is 59.3 Å². The van der Waals surface area contributed by atoms with Gasteiger partial charge in [0.25, 0.3) is 5.91 Å². The van der Waals surface area contributed by atoms with Gasteiger partial charge in [0.1, 0.15) is 12.0 Å². The summed E-state index contributed by atoms with van der Waals surface area (Å²) in [7, 11) is 0. The normalized spacial score (nSPS) is 14.7. The molecule has 1 fully saturated rings. The molecular formula is C25H22ClF3N6O3. The second-order valence-electron chi connectivity index (χ2n) is 8.93. The molecule has 0 saturated carbocycles. The number of aromatic nitrogens is 5. The molecule has 38 heavy (non-hydrogen) atoms. The number of carbonyl (C=O) groups excluding carboxylic acids is 1. The zero-order valence-corrected chi connectivity index (χ0v) is 20.9. The molecule has 0 radical (unpaired) electrons. The Morgan fingerprint density at radius 3 is 2.63 bits per heavy atom. The van der Waals surface area contributed by atoms with Crippen LogP contribution in [0, 0.1) is 0 Å². The molecule has 1 saturated heterocycles. The van der Waals surface area contributed by atoms with Crippen molar-refractivity contribution in [3.8, 4) is 33.8 Å². The van der Waals surface area contributed by atoms with Gasteiger partial charge in [-0.05, 0) is 31.9 Å². The van der Waals surface area contributed by atoms with Crippen molar-refractivity contribution in [2.24, 2.45) is 0 Å². The highest BCUT2D eigenvalue weighted by Crippen LogP contribution is 2.45. The number of carbonyl (C=O) groups is 1. The number of nitrogens with zero attached hydrogens (tertiary/aromatic N) is 6. The van der Waals surface area contributed by atoms with Gasteiger partial charge in [0.2, 0.25) is 0 Å². The van der Waals surface area contributed by atoms with E-state index in [-0.39, 0.29) is 51.3 Å². The summed E-state index contributed by atoms with van der Waals surface area (Å²) in [6.07, 6.45) is -0.419.